The Kier molecular flexibility index (Phi) is 9.09. The van der Waals surface area contributed by atoms with Crippen molar-refractivity contribution in [2.45, 2.75) is 39.3 Å². The van der Waals surface area contributed by atoms with Gasteiger partial charge in [0.25, 0.3) is 11.8 Å². The van der Waals surface area contributed by atoms with Crippen LogP contribution in [0.3, 0.4) is 0 Å². The summed E-state index contributed by atoms with van der Waals surface area (Å²) in [4.78, 5) is 37.3. The van der Waals surface area contributed by atoms with Crippen LogP contribution in [0.2, 0.25) is 0 Å². The third-order valence-corrected chi connectivity index (χ3v) is 9.54. The number of aliphatic hydroxyl groups excluding tert-OH is 1. The maximum Gasteiger partial charge on any atom is 0.258 e. The summed E-state index contributed by atoms with van der Waals surface area (Å²) >= 11 is 1.52. The van der Waals surface area contributed by atoms with E-state index in [1.165, 1.54) is 11.3 Å². The lowest BCUT2D eigenvalue weighted by atomic mass is 10.1. The Labute approximate surface area is 267 Å². The number of allylic oxidation sites excluding steroid dienone is 2. The first kappa shape index (κ1) is 30.3. The number of amides is 2. The van der Waals surface area contributed by atoms with Gasteiger partial charge in [0, 0.05) is 53.2 Å². The summed E-state index contributed by atoms with van der Waals surface area (Å²) < 4.78 is 0. The van der Waals surface area contributed by atoms with Crippen molar-refractivity contribution in [3.63, 3.8) is 0 Å². The number of rotatable bonds is 8. The summed E-state index contributed by atoms with van der Waals surface area (Å²) in [5, 5.41) is 17.0. The van der Waals surface area contributed by atoms with Gasteiger partial charge in [0.05, 0.1) is 16.1 Å². The zero-order chi connectivity index (χ0) is 31.3. The van der Waals surface area contributed by atoms with Gasteiger partial charge in [-0.25, -0.2) is 4.98 Å². The van der Waals surface area contributed by atoms with E-state index in [1.807, 2.05) is 79.4 Å². The van der Waals surface area contributed by atoms with Gasteiger partial charge in [-0.05, 0) is 87.2 Å². The van der Waals surface area contributed by atoms with Crippen molar-refractivity contribution < 1.29 is 14.7 Å². The number of fused-ring (bicyclic) bond motifs is 3. The summed E-state index contributed by atoms with van der Waals surface area (Å²) in [7, 11) is 0. The molecule has 45 heavy (non-hydrogen) atoms. The van der Waals surface area contributed by atoms with Crippen molar-refractivity contribution in [2.75, 3.05) is 35.2 Å². The average molecular weight is 620 g/mol. The van der Waals surface area contributed by atoms with Crippen molar-refractivity contribution in [1.29, 1.82) is 0 Å². The number of para-hydroxylation sites is 1. The van der Waals surface area contributed by atoms with Gasteiger partial charge >= 0.3 is 0 Å². The van der Waals surface area contributed by atoms with E-state index in [0.717, 1.165) is 58.2 Å². The normalized spacial score (nSPS) is 15.6. The number of aliphatic hydroxyl groups is 1. The van der Waals surface area contributed by atoms with E-state index in [-0.39, 0.29) is 11.8 Å². The third-order valence-electron chi connectivity index (χ3n) is 8.27. The number of aromatic nitrogens is 1. The molecule has 0 spiro atoms. The van der Waals surface area contributed by atoms with Crippen LogP contribution in [0.5, 0.6) is 0 Å². The van der Waals surface area contributed by atoms with Gasteiger partial charge in [0.2, 0.25) is 0 Å². The zero-order valence-electron chi connectivity index (χ0n) is 25.5. The van der Waals surface area contributed by atoms with E-state index in [4.69, 9.17) is 0 Å². The van der Waals surface area contributed by atoms with E-state index < -0.39 is 6.23 Å². The summed E-state index contributed by atoms with van der Waals surface area (Å²) in [6, 6.07) is 22.5. The van der Waals surface area contributed by atoms with Gasteiger partial charge in [0.15, 0.2) is 6.23 Å². The molecule has 4 heterocycles. The molecule has 230 valence electrons. The number of hydrogen-bond donors (Lipinski definition) is 3. The van der Waals surface area contributed by atoms with E-state index in [0.29, 0.717) is 35.6 Å². The quantitative estimate of drug-likeness (QED) is 0.112. The Balaban J connectivity index is 1.19. The van der Waals surface area contributed by atoms with E-state index in [9.17, 15) is 14.7 Å². The molecular weight excluding hydrogens is 582 g/mol. The molecule has 8 nitrogen and oxygen atoms in total. The van der Waals surface area contributed by atoms with Gasteiger partial charge in [-0.2, -0.15) is 0 Å². The molecule has 3 N–H and O–H groups in total. The van der Waals surface area contributed by atoms with Crippen LogP contribution in [0.4, 0.5) is 17.2 Å². The summed E-state index contributed by atoms with van der Waals surface area (Å²) in [6.07, 6.45) is 7.46. The van der Waals surface area contributed by atoms with E-state index in [1.54, 1.807) is 30.5 Å². The first-order valence-corrected chi connectivity index (χ1v) is 16.1. The lowest BCUT2D eigenvalue weighted by molar-refractivity contribution is -0.112. The van der Waals surface area contributed by atoms with Crippen LogP contribution in [0.25, 0.3) is 10.4 Å². The first-order valence-electron chi connectivity index (χ1n) is 15.3. The minimum atomic E-state index is -0.894. The average Bonchev–Trinajstić information content (AvgIpc) is 3.73. The molecule has 0 bridgehead atoms. The standard InChI is InChI=1S/C36H37N5O3S/c1-3-10-28(24(2)40-20-8-9-21-40)34(42)38-27-16-14-25(15-17-27)36(44)41-22-18-26-23-31(35(43)39-32-13-6-7-19-37-32)45-33(26)29-11-4-5-12-30(29)41/h3-7,10-17,19,23,35,43H,8-9,18,20-22H2,1-2H3,(H,37,39)(H,38,42). The molecule has 0 radical (unpaired) electrons. The molecule has 2 aliphatic heterocycles. The second kappa shape index (κ2) is 13.5. The van der Waals surface area contributed by atoms with Crippen molar-refractivity contribution in [2.24, 2.45) is 0 Å². The highest BCUT2D eigenvalue weighted by molar-refractivity contribution is 7.15. The van der Waals surface area contributed by atoms with Crippen LogP contribution in [0.1, 0.15) is 53.7 Å². The number of thiophene rings is 1. The predicted octanol–water partition coefficient (Wildman–Crippen LogP) is 7.00. The van der Waals surface area contributed by atoms with Crippen molar-refractivity contribution in [3.8, 4) is 10.4 Å². The van der Waals surface area contributed by atoms with Crippen LogP contribution < -0.4 is 15.5 Å². The minimum Gasteiger partial charge on any atom is -0.374 e. The molecule has 6 rings (SSSR count). The highest BCUT2D eigenvalue weighted by atomic mass is 32.1. The van der Waals surface area contributed by atoms with Gasteiger partial charge in [0.1, 0.15) is 5.82 Å². The first-order chi connectivity index (χ1) is 21.9. The number of carbonyl (C=O) groups is 2. The third kappa shape index (κ3) is 6.55. The molecule has 2 aromatic carbocycles. The Morgan fingerprint density at radius 3 is 2.49 bits per heavy atom. The van der Waals surface area contributed by atoms with E-state index in [2.05, 4.69) is 20.5 Å². The number of benzene rings is 2. The topological polar surface area (TPSA) is 97.8 Å². The van der Waals surface area contributed by atoms with Crippen LogP contribution in [-0.2, 0) is 11.2 Å². The number of likely N-dealkylation sites (tertiary alicyclic amines) is 1. The summed E-state index contributed by atoms with van der Waals surface area (Å²) in [5.41, 5.74) is 5.69. The molecule has 1 unspecified atom stereocenters. The fourth-order valence-electron chi connectivity index (χ4n) is 5.92. The number of carbonyl (C=O) groups excluding carboxylic acids is 2. The molecule has 4 aromatic rings. The van der Waals surface area contributed by atoms with Gasteiger partial charge < -0.3 is 25.5 Å². The van der Waals surface area contributed by atoms with Crippen LogP contribution in [0.15, 0.2) is 102 Å². The Bertz CT molecular complexity index is 1740. The van der Waals surface area contributed by atoms with Crippen LogP contribution in [0, 0.1) is 0 Å². The van der Waals surface area contributed by atoms with Crippen molar-refractivity contribution in [1.82, 2.24) is 9.88 Å². The molecule has 1 atom stereocenters. The number of pyridine rings is 1. The molecule has 2 amide bonds. The zero-order valence-corrected chi connectivity index (χ0v) is 26.3. The molecule has 0 saturated carbocycles. The van der Waals surface area contributed by atoms with Gasteiger partial charge in [-0.15, -0.1) is 11.3 Å². The number of nitrogens with zero attached hydrogens (tertiary/aromatic N) is 3. The predicted molar refractivity (Wildman–Crippen MR) is 181 cm³/mol. The Hall–Kier alpha value is -4.73. The highest BCUT2D eigenvalue weighted by Crippen LogP contribution is 2.43. The molecular formula is C36H37N5O3S. The number of anilines is 3. The number of nitrogens with one attached hydrogen (secondary N) is 2. The molecule has 0 aliphatic carbocycles. The molecule has 1 fully saturated rings. The monoisotopic (exact) mass is 619 g/mol. The fourth-order valence-corrected chi connectivity index (χ4v) is 7.11. The SMILES string of the molecule is CC=CC(C(=O)Nc1ccc(C(=O)N2CCc3cc(C(O)Nc4ccccn4)sc3-c3ccccc32)cc1)=C(C)N1CCCC1. The van der Waals surface area contributed by atoms with Crippen molar-refractivity contribution in [3.05, 3.63) is 118 Å². The maximum atomic E-state index is 13.9. The fraction of sp³-hybridized carbons (Fsp3) is 0.250. The Morgan fingerprint density at radius 2 is 1.76 bits per heavy atom. The smallest absolute Gasteiger partial charge is 0.258 e. The maximum absolute atomic E-state index is 13.9. The van der Waals surface area contributed by atoms with Gasteiger partial charge in [-0.3, -0.25) is 9.59 Å². The van der Waals surface area contributed by atoms with Crippen LogP contribution in [-0.4, -0.2) is 46.4 Å². The highest BCUT2D eigenvalue weighted by Gasteiger charge is 2.28. The molecule has 1 saturated heterocycles. The second-order valence-electron chi connectivity index (χ2n) is 11.2. The van der Waals surface area contributed by atoms with Crippen molar-refractivity contribution >= 4 is 40.3 Å². The second-order valence-corrected chi connectivity index (χ2v) is 12.3. The molecule has 9 heteroatoms. The summed E-state index contributed by atoms with van der Waals surface area (Å²) in [5.74, 6) is 0.332. The molecule has 2 aromatic heterocycles. The minimum absolute atomic E-state index is 0.105. The number of hydrogen-bond acceptors (Lipinski definition) is 7. The lowest BCUT2D eigenvalue weighted by Gasteiger charge is -2.23. The lowest BCUT2D eigenvalue weighted by Crippen LogP contribution is -2.32. The summed E-state index contributed by atoms with van der Waals surface area (Å²) in [6.45, 7) is 6.34. The van der Waals surface area contributed by atoms with E-state index >= 15 is 0 Å². The van der Waals surface area contributed by atoms with Crippen LogP contribution >= 0.6 is 11.3 Å². The van der Waals surface area contributed by atoms with Gasteiger partial charge in [-0.1, -0.05) is 36.4 Å². The Morgan fingerprint density at radius 1 is 1.00 bits per heavy atom. The largest absolute Gasteiger partial charge is 0.374 e. The molecule has 2 aliphatic rings.